The number of nitrogens with two attached hydrogens (primary N) is 1. The summed E-state index contributed by atoms with van der Waals surface area (Å²) >= 11 is 11.8. The van der Waals surface area contributed by atoms with E-state index in [4.69, 9.17) is 28.9 Å². The number of halogens is 2. The summed E-state index contributed by atoms with van der Waals surface area (Å²) in [7, 11) is 0. The number of carbonyl (C=O) groups excluding carboxylic acids is 1. The molecule has 0 aromatic rings. The number of ether oxygens (including phenoxy) is 1. The molecular weight excluding hydrogens is 265 g/mol. The third kappa shape index (κ3) is 3.67. The smallest absolute Gasteiger partial charge is 0.404 e. The lowest BCUT2D eigenvalue weighted by atomic mass is 10.1. The number of hydrogen-bond donors (Lipinski definition) is 2. The molecule has 0 saturated carbocycles. The lowest BCUT2D eigenvalue weighted by molar-refractivity contribution is 0.0372. The van der Waals surface area contributed by atoms with Gasteiger partial charge in [-0.3, -0.25) is 0 Å². The van der Waals surface area contributed by atoms with Crippen LogP contribution in [0.25, 0.3) is 0 Å². The van der Waals surface area contributed by atoms with Crippen LogP contribution in [0.15, 0.2) is 21.7 Å². The molecule has 0 bridgehead atoms. The van der Waals surface area contributed by atoms with E-state index in [9.17, 15) is 9.90 Å². The Labute approximate surface area is 109 Å². The van der Waals surface area contributed by atoms with Gasteiger partial charge in [-0.1, -0.05) is 41.1 Å². The average molecular weight is 276 g/mol. The van der Waals surface area contributed by atoms with Crippen LogP contribution in [-0.2, 0) is 4.74 Å². The van der Waals surface area contributed by atoms with Gasteiger partial charge in [0.15, 0.2) is 0 Å². The van der Waals surface area contributed by atoms with Crippen LogP contribution in [0.1, 0.15) is 13.3 Å². The second kappa shape index (κ2) is 5.97. The van der Waals surface area contributed by atoms with Crippen LogP contribution in [0.2, 0.25) is 0 Å². The summed E-state index contributed by atoms with van der Waals surface area (Å²) < 4.78 is 4.66. The standard InChI is InChI=1S/C11H11Cl2NO3/c1-6(17-11(14)16)10(15)7-4-2-3-5-8(12)9(7)13/h5-6,10,15H,3H2,1H3,(H2,14,16)/t6-,10+/m0/s1. The van der Waals surface area contributed by atoms with E-state index in [1.54, 1.807) is 6.08 Å². The summed E-state index contributed by atoms with van der Waals surface area (Å²) in [6, 6.07) is 0. The summed E-state index contributed by atoms with van der Waals surface area (Å²) in [5, 5.41) is 10.4. The zero-order chi connectivity index (χ0) is 13.0. The second-order valence-corrected chi connectivity index (χ2v) is 4.16. The van der Waals surface area contributed by atoms with Crippen molar-refractivity contribution in [1.29, 1.82) is 0 Å². The van der Waals surface area contributed by atoms with Crippen LogP contribution >= 0.6 is 23.2 Å². The van der Waals surface area contributed by atoms with E-state index in [0.717, 1.165) is 0 Å². The van der Waals surface area contributed by atoms with E-state index >= 15 is 0 Å². The predicted octanol–water partition coefficient (Wildman–Crippen LogP) is 1.85. The molecule has 1 aliphatic rings. The van der Waals surface area contributed by atoms with Crippen molar-refractivity contribution in [2.24, 2.45) is 5.73 Å². The van der Waals surface area contributed by atoms with Crippen LogP contribution in [0.3, 0.4) is 0 Å². The van der Waals surface area contributed by atoms with Gasteiger partial charge in [-0.2, -0.15) is 0 Å². The highest BCUT2D eigenvalue weighted by Crippen LogP contribution is 2.27. The first-order chi connectivity index (χ1) is 7.93. The summed E-state index contributed by atoms with van der Waals surface area (Å²) in [6.45, 7) is 1.48. The van der Waals surface area contributed by atoms with Gasteiger partial charge in [0.2, 0.25) is 0 Å². The fourth-order valence-electron chi connectivity index (χ4n) is 1.25. The molecule has 4 nitrogen and oxygen atoms in total. The summed E-state index contributed by atoms with van der Waals surface area (Å²) in [6.07, 6.45) is -0.917. The molecule has 0 unspecified atom stereocenters. The van der Waals surface area contributed by atoms with Crippen molar-refractivity contribution in [1.82, 2.24) is 0 Å². The molecule has 0 heterocycles. The molecule has 0 radical (unpaired) electrons. The normalized spacial score (nSPS) is 18.5. The van der Waals surface area contributed by atoms with Gasteiger partial charge in [-0.15, -0.1) is 0 Å². The number of amides is 1. The van der Waals surface area contributed by atoms with Crippen LogP contribution in [0.5, 0.6) is 0 Å². The fraction of sp³-hybridized carbons (Fsp3) is 0.364. The largest absolute Gasteiger partial charge is 0.444 e. The second-order valence-electron chi connectivity index (χ2n) is 3.37. The van der Waals surface area contributed by atoms with Crippen molar-refractivity contribution < 1.29 is 14.6 Å². The van der Waals surface area contributed by atoms with Gasteiger partial charge < -0.3 is 15.6 Å². The first-order valence-corrected chi connectivity index (χ1v) is 5.57. The van der Waals surface area contributed by atoms with E-state index in [2.05, 4.69) is 16.6 Å². The fourth-order valence-corrected chi connectivity index (χ4v) is 1.66. The Balaban J connectivity index is 2.96. The average Bonchev–Trinajstić information content (AvgIpc) is 2.40. The number of allylic oxidation sites excluding steroid dienone is 3. The Morgan fingerprint density at radius 1 is 1.65 bits per heavy atom. The monoisotopic (exact) mass is 275 g/mol. The van der Waals surface area contributed by atoms with Crippen LogP contribution in [0, 0.1) is 11.8 Å². The lowest BCUT2D eigenvalue weighted by Crippen LogP contribution is -2.32. The first kappa shape index (κ1) is 13.9. The van der Waals surface area contributed by atoms with Crippen molar-refractivity contribution in [2.75, 3.05) is 0 Å². The molecule has 0 aromatic carbocycles. The third-order valence-electron chi connectivity index (χ3n) is 2.09. The Kier molecular flexibility index (Phi) is 4.88. The zero-order valence-corrected chi connectivity index (χ0v) is 10.5. The van der Waals surface area contributed by atoms with E-state index in [1.807, 2.05) is 0 Å². The highest BCUT2D eigenvalue weighted by molar-refractivity contribution is 6.44. The van der Waals surface area contributed by atoms with Gasteiger partial charge in [-0.25, -0.2) is 4.79 Å². The number of aliphatic hydroxyl groups excluding tert-OH is 1. The van der Waals surface area contributed by atoms with Crippen molar-refractivity contribution in [3.8, 4) is 11.8 Å². The molecule has 0 spiro atoms. The van der Waals surface area contributed by atoms with Gasteiger partial charge in [-0.05, 0) is 6.92 Å². The van der Waals surface area contributed by atoms with Gasteiger partial charge in [0.1, 0.15) is 12.2 Å². The number of primary amides is 1. The van der Waals surface area contributed by atoms with Crippen molar-refractivity contribution in [3.63, 3.8) is 0 Å². The molecule has 0 saturated heterocycles. The Bertz CT molecular complexity index is 445. The molecule has 1 amide bonds. The Hall–Kier alpha value is -1.15. The van der Waals surface area contributed by atoms with E-state index < -0.39 is 18.3 Å². The molecule has 0 aromatic heterocycles. The van der Waals surface area contributed by atoms with Gasteiger partial charge in [0.25, 0.3) is 0 Å². The maximum Gasteiger partial charge on any atom is 0.404 e. The molecule has 1 aliphatic carbocycles. The molecular formula is C11H11Cl2NO3. The predicted molar refractivity (Wildman–Crippen MR) is 65.3 cm³/mol. The van der Waals surface area contributed by atoms with Crippen LogP contribution < -0.4 is 5.73 Å². The van der Waals surface area contributed by atoms with E-state index in [1.165, 1.54) is 6.92 Å². The summed E-state index contributed by atoms with van der Waals surface area (Å²) in [5.41, 5.74) is 5.08. The van der Waals surface area contributed by atoms with Gasteiger partial charge >= 0.3 is 6.09 Å². The number of rotatable bonds is 3. The van der Waals surface area contributed by atoms with Crippen molar-refractivity contribution in [3.05, 3.63) is 21.7 Å². The topological polar surface area (TPSA) is 72.5 Å². The molecule has 2 atom stereocenters. The van der Waals surface area contributed by atoms with Gasteiger partial charge in [0.05, 0.1) is 15.6 Å². The molecule has 0 aliphatic heterocycles. The minimum absolute atomic E-state index is 0.157. The summed E-state index contributed by atoms with van der Waals surface area (Å²) in [4.78, 5) is 10.6. The maximum absolute atomic E-state index is 10.6. The summed E-state index contributed by atoms with van der Waals surface area (Å²) in [5.74, 6) is 5.46. The minimum Gasteiger partial charge on any atom is -0.444 e. The first-order valence-electron chi connectivity index (χ1n) is 4.82. The van der Waals surface area contributed by atoms with Crippen molar-refractivity contribution >= 4 is 29.3 Å². The number of hydrogen-bond acceptors (Lipinski definition) is 3. The zero-order valence-electron chi connectivity index (χ0n) is 9.04. The SMILES string of the molecule is C[C@H](OC(N)=O)[C@@H](O)C1=C(Cl)C(Cl)=CCC#C1. The van der Waals surface area contributed by atoms with Crippen LogP contribution in [-0.4, -0.2) is 23.4 Å². The van der Waals surface area contributed by atoms with E-state index in [0.29, 0.717) is 11.5 Å². The lowest BCUT2D eigenvalue weighted by Gasteiger charge is -2.19. The third-order valence-corrected chi connectivity index (χ3v) is 2.94. The Morgan fingerprint density at radius 3 is 2.88 bits per heavy atom. The van der Waals surface area contributed by atoms with Crippen LogP contribution in [0.4, 0.5) is 4.79 Å². The molecule has 17 heavy (non-hydrogen) atoms. The van der Waals surface area contributed by atoms with E-state index in [-0.39, 0.29) is 10.6 Å². The molecule has 6 heteroatoms. The molecule has 1 rings (SSSR count). The highest BCUT2D eigenvalue weighted by Gasteiger charge is 2.24. The molecule has 92 valence electrons. The molecule has 3 N–H and O–H groups in total. The quantitative estimate of drug-likeness (QED) is 0.773. The van der Waals surface area contributed by atoms with Gasteiger partial charge in [0, 0.05) is 6.42 Å². The number of aliphatic hydroxyl groups is 1. The highest BCUT2D eigenvalue weighted by atomic mass is 35.5. The van der Waals surface area contributed by atoms with Crippen molar-refractivity contribution in [2.45, 2.75) is 25.6 Å². The molecule has 0 fully saturated rings. The Morgan fingerprint density at radius 2 is 2.29 bits per heavy atom. The maximum atomic E-state index is 10.6. The number of carbonyl (C=O) groups is 1. The minimum atomic E-state index is -1.16.